The zero-order valence-electron chi connectivity index (χ0n) is 6.17. The van der Waals surface area contributed by atoms with Crippen LogP contribution in [-0.2, 0) is 9.53 Å². The zero-order chi connectivity index (χ0) is 8.10. The van der Waals surface area contributed by atoms with E-state index in [2.05, 4.69) is 5.32 Å². The second-order valence-electron chi connectivity index (χ2n) is 2.38. The smallest absolute Gasteiger partial charge is 0.249 e. The average molecular weight is 154 g/mol. The summed E-state index contributed by atoms with van der Waals surface area (Å²) >= 11 is 0. The minimum Gasteiger partial charge on any atom is -0.368 e. The second kappa shape index (κ2) is 3.94. The van der Waals surface area contributed by atoms with Gasteiger partial charge in [0.05, 0.1) is 6.07 Å². The van der Waals surface area contributed by atoms with Crippen LogP contribution < -0.4 is 5.32 Å². The van der Waals surface area contributed by atoms with E-state index in [0.29, 0.717) is 6.61 Å². The molecule has 0 bridgehead atoms. The molecule has 60 valence electrons. The van der Waals surface area contributed by atoms with Gasteiger partial charge in [-0.05, 0) is 12.8 Å². The SMILES string of the molecule is N#CCNC(=O)[C@@H]1CCCO1. The first-order valence-corrected chi connectivity index (χ1v) is 3.61. The standard InChI is InChI=1S/C7H10N2O2/c8-3-4-9-7(10)6-2-1-5-11-6/h6H,1-2,4-5H2,(H,9,10)/t6-/m0/s1. The maximum Gasteiger partial charge on any atom is 0.249 e. The Hall–Kier alpha value is -1.08. The lowest BCUT2D eigenvalue weighted by Gasteiger charge is -2.06. The van der Waals surface area contributed by atoms with Crippen molar-refractivity contribution in [2.75, 3.05) is 13.2 Å². The third kappa shape index (κ3) is 2.20. The van der Waals surface area contributed by atoms with Gasteiger partial charge in [-0.3, -0.25) is 4.79 Å². The van der Waals surface area contributed by atoms with E-state index in [1.807, 2.05) is 6.07 Å². The highest BCUT2D eigenvalue weighted by atomic mass is 16.5. The highest BCUT2D eigenvalue weighted by molar-refractivity contribution is 5.81. The molecule has 1 atom stereocenters. The number of carbonyl (C=O) groups is 1. The highest BCUT2D eigenvalue weighted by Gasteiger charge is 2.22. The van der Waals surface area contributed by atoms with E-state index in [1.54, 1.807) is 0 Å². The van der Waals surface area contributed by atoms with Gasteiger partial charge in [0.1, 0.15) is 12.6 Å². The van der Waals surface area contributed by atoms with E-state index < -0.39 is 0 Å². The Labute approximate surface area is 65.1 Å². The van der Waals surface area contributed by atoms with Gasteiger partial charge >= 0.3 is 0 Å². The number of nitrogens with one attached hydrogen (secondary N) is 1. The fourth-order valence-corrected chi connectivity index (χ4v) is 1.02. The van der Waals surface area contributed by atoms with Crippen LogP contribution in [0.15, 0.2) is 0 Å². The summed E-state index contributed by atoms with van der Waals surface area (Å²) in [6.07, 6.45) is 1.39. The predicted octanol–water partition coefficient (Wildman–Crippen LogP) is -0.195. The number of carbonyl (C=O) groups excluding carboxylic acids is 1. The molecule has 0 unspecified atom stereocenters. The topological polar surface area (TPSA) is 62.1 Å². The Morgan fingerprint density at radius 3 is 3.18 bits per heavy atom. The van der Waals surface area contributed by atoms with Gasteiger partial charge in [0.25, 0.3) is 0 Å². The molecule has 1 amide bonds. The molecule has 0 aromatic rings. The average Bonchev–Trinajstić information content (AvgIpc) is 2.52. The number of nitrogens with zero attached hydrogens (tertiary/aromatic N) is 1. The van der Waals surface area contributed by atoms with Crippen LogP contribution in [0.25, 0.3) is 0 Å². The zero-order valence-corrected chi connectivity index (χ0v) is 6.17. The maximum absolute atomic E-state index is 11.0. The normalized spacial score (nSPS) is 22.6. The molecule has 0 saturated carbocycles. The molecular formula is C7H10N2O2. The first-order chi connectivity index (χ1) is 5.34. The first-order valence-electron chi connectivity index (χ1n) is 3.61. The molecule has 0 aromatic carbocycles. The first kappa shape index (κ1) is 8.02. The Morgan fingerprint density at radius 1 is 1.82 bits per heavy atom. The quantitative estimate of drug-likeness (QED) is 0.560. The lowest BCUT2D eigenvalue weighted by Crippen LogP contribution is -2.34. The molecular weight excluding hydrogens is 144 g/mol. The van der Waals surface area contributed by atoms with Gasteiger partial charge in [-0.15, -0.1) is 0 Å². The van der Waals surface area contributed by atoms with E-state index in [4.69, 9.17) is 10.00 Å². The molecule has 4 nitrogen and oxygen atoms in total. The van der Waals surface area contributed by atoms with Gasteiger partial charge in [-0.2, -0.15) is 5.26 Å². The van der Waals surface area contributed by atoms with Crippen LogP contribution >= 0.6 is 0 Å². The van der Waals surface area contributed by atoms with Crippen LogP contribution in [0.2, 0.25) is 0 Å². The third-order valence-corrected chi connectivity index (χ3v) is 1.56. The van der Waals surface area contributed by atoms with E-state index in [-0.39, 0.29) is 18.6 Å². The molecule has 1 aliphatic rings. The van der Waals surface area contributed by atoms with Crippen LogP contribution in [0.3, 0.4) is 0 Å². The Kier molecular flexibility index (Phi) is 2.87. The Bertz CT molecular complexity index is 179. The molecule has 1 saturated heterocycles. The summed E-state index contributed by atoms with van der Waals surface area (Å²) in [7, 11) is 0. The predicted molar refractivity (Wildman–Crippen MR) is 37.6 cm³/mol. The van der Waals surface area contributed by atoms with Crippen LogP contribution in [0.1, 0.15) is 12.8 Å². The van der Waals surface area contributed by atoms with Gasteiger partial charge in [-0.25, -0.2) is 0 Å². The van der Waals surface area contributed by atoms with Crippen molar-refractivity contribution >= 4 is 5.91 Å². The lowest BCUT2D eigenvalue weighted by atomic mass is 10.2. The number of hydrogen-bond donors (Lipinski definition) is 1. The van der Waals surface area contributed by atoms with Crippen molar-refractivity contribution < 1.29 is 9.53 Å². The van der Waals surface area contributed by atoms with Crippen molar-refractivity contribution in [2.45, 2.75) is 18.9 Å². The van der Waals surface area contributed by atoms with Crippen molar-refractivity contribution in [3.8, 4) is 6.07 Å². The van der Waals surface area contributed by atoms with E-state index in [1.165, 1.54) is 0 Å². The monoisotopic (exact) mass is 154 g/mol. The van der Waals surface area contributed by atoms with Crippen molar-refractivity contribution in [3.63, 3.8) is 0 Å². The molecule has 1 N–H and O–H groups in total. The summed E-state index contributed by atoms with van der Waals surface area (Å²) in [6, 6.07) is 1.83. The largest absolute Gasteiger partial charge is 0.368 e. The molecule has 0 radical (unpaired) electrons. The van der Waals surface area contributed by atoms with Gasteiger partial charge < -0.3 is 10.1 Å². The number of nitriles is 1. The van der Waals surface area contributed by atoms with E-state index >= 15 is 0 Å². The summed E-state index contributed by atoms with van der Waals surface area (Å²) in [4.78, 5) is 11.0. The molecule has 1 heterocycles. The Morgan fingerprint density at radius 2 is 2.64 bits per heavy atom. The fraction of sp³-hybridized carbons (Fsp3) is 0.714. The molecule has 4 heteroatoms. The van der Waals surface area contributed by atoms with Crippen LogP contribution in [0, 0.1) is 11.3 Å². The van der Waals surface area contributed by atoms with Crippen molar-refractivity contribution in [3.05, 3.63) is 0 Å². The number of ether oxygens (including phenoxy) is 1. The van der Waals surface area contributed by atoms with Crippen molar-refractivity contribution in [1.82, 2.24) is 5.32 Å². The summed E-state index contributed by atoms with van der Waals surface area (Å²) in [6.45, 7) is 0.726. The third-order valence-electron chi connectivity index (χ3n) is 1.56. The van der Waals surface area contributed by atoms with Crippen LogP contribution in [0.5, 0.6) is 0 Å². The summed E-state index contributed by atoms with van der Waals surface area (Å²) in [5.41, 5.74) is 0. The molecule has 1 aliphatic heterocycles. The van der Waals surface area contributed by atoms with Crippen molar-refractivity contribution in [2.24, 2.45) is 0 Å². The number of hydrogen-bond acceptors (Lipinski definition) is 3. The van der Waals surface area contributed by atoms with Gasteiger partial charge in [-0.1, -0.05) is 0 Å². The number of rotatable bonds is 2. The highest BCUT2D eigenvalue weighted by Crippen LogP contribution is 2.11. The molecule has 0 aromatic heterocycles. The minimum absolute atomic E-state index is 0.0681. The minimum atomic E-state index is -0.316. The Balaban J connectivity index is 2.24. The molecule has 1 fully saturated rings. The summed E-state index contributed by atoms with van der Waals surface area (Å²) < 4.78 is 5.09. The second-order valence-corrected chi connectivity index (χ2v) is 2.38. The summed E-state index contributed by atoms with van der Waals surface area (Å²) in [5.74, 6) is -0.163. The molecule has 0 spiro atoms. The van der Waals surface area contributed by atoms with Gasteiger partial charge in [0, 0.05) is 6.61 Å². The van der Waals surface area contributed by atoms with Crippen LogP contribution in [-0.4, -0.2) is 25.2 Å². The molecule has 1 rings (SSSR count). The molecule has 11 heavy (non-hydrogen) atoms. The van der Waals surface area contributed by atoms with Crippen molar-refractivity contribution in [1.29, 1.82) is 5.26 Å². The summed E-state index contributed by atoms with van der Waals surface area (Å²) in [5, 5.41) is 10.6. The molecule has 0 aliphatic carbocycles. The van der Waals surface area contributed by atoms with E-state index in [9.17, 15) is 4.79 Å². The van der Waals surface area contributed by atoms with Gasteiger partial charge in [0.2, 0.25) is 5.91 Å². The lowest BCUT2D eigenvalue weighted by molar-refractivity contribution is -0.129. The van der Waals surface area contributed by atoms with E-state index in [0.717, 1.165) is 12.8 Å². The fourth-order valence-electron chi connectivity index (χ4n) is 1.02. The van der Waals surface area contributed by atoms with Gasteiger partial charge in [0.15, 0.2) is 0 Å². The van der Waals surface area contributed by atoms with Crippen LogP contribution in [0.4, 0.5) is 0 Å². The maximum atomic E-state index is 11.0. The number of amides is 1.